The van der Waals surface area contributed by atoms with Crippen LogP contribution in [0.1, 0.15) is 26.3 Å². The van der Waals surface area contributed by atoms with Gasteiger partial charge in [-0.3, -0.25) is 0 Å². The van der Waals surface area contributed by atoms with E-state index in [1.807, 2.05) is 24.3 Å². The summed E-state index contributed by atoms with van der Waals surface area (Å²) in [6, 6.07) is 8.07. The molecule has 0 fully saturated rings. The van der Waals surface area contributed by atoms with Gasteiger partial charge in [0.15, 0.2) is 0 Å². The van der Waals surface area contributed by atoms with Crippen molar-refractivity contribution in [1.82, 2.24) is 0 Å². The summed E-state index contributed by atoms with van der Waals surface area (Å²) >= 11 is 3.46. The molecule has 0 aliphatic heterocycles. The third kappa shape index (κ3) is 3.71. The summed E-state index contributed by atoms with van der Waals surface area (Å²) in [4.78, 5) is 0. The largest absolute Gasteiger partial charge is 0.543 e. The minimum atomic E-state index is -1.78. The van der Waals surface area contributed by atoms with Crippen LogP contribution < -0.4 is 0 Å². The fourth-order valence-corrected chi connectivity index (χ4v) is 2.62. The van der Waals surface area contributed by atoms with Gasteiger partial charge >= 0.3 is 0 Å². The Morgan fingerprint density at radius 3 is 2.35 bits per heavy atom. The summed E-state index contributed by atoms with van der Waals surface area (Å²) in [5.74, 6) is 0.776. The zero-order chi connectivity index (χ0) is 13.3. The molecule has 1 aromatic carbocycles. The topological polar surface area (TPSA) is 9.23 Å². The molecule has 94 valence electrons. The first-order valence-electron chi connectivity index (χ1n) is 5.77. The van der Waals surface area contributed by atoms with Crippen LogP contribution in [-0.2, 0) is 4.43 Å². The lowest BCUT2D eigenvalue weighted by atomic mass is 10.2. The highest BCUT2D eigenvalue weighted by Gasteiger charge is 2.39. The van der Waals surface area contributed by atoms with Gasteiger partial charge in [0, 0.05) is 10.0 Å². The molecular formula is C14H21BrOSi. The predicted molar refractivity (Wildman–Crippen MR) is 81.5 cm³/mol. The Labute approximate surface area is 114 Å². The third-order valence-corrected chi connectivity index (χ3v) is 8.19. The van der Waals surface area contributed by atoms with Crippen LogP contribution >= 0.6 is 15.9 Å². The zero-order valence-corrected chi connectivity index (χ0v) is 13.9. The van der Waals surface area contributed by atoms with Gasteiger partial charge < -0.3 is 4.43 Å². The normalized spacial score (nSPS) is 12.4. The summed E-state index contributed by atoms with van der Waals surface area (Å²) in [6.07, 6.45) is 0. The lowest BCUT2D eigenvalue weighted by Gasteiger charge is -2.37. The second-order valence-corrected chi connectivity index (χ2v) is 11.4. The summed E-state index contributed by atoms with van der Waals surface area (Å²) in [5.41, 5.74) is 1.05. The first kappa shape index (κ1) is 14.5. The molecule has 0 unspecified atom stereocenters. The van der Waals surface area contributed by atoms with Gasteiger partial charge in [0.05, 0.1) is 0 Å². The predicted octanol–water partition coefficient (Wildman–Crippen LogP) is 5.44. The molecule has 0 saturated carbocycles. The van der Waals surface area contributed by atoms with Crippen molar-refractivity contribution in [3.8, 4) is 0 Å². The maximum absolute atomic E-state index is 6.17. The van der Waals surface area contributed by atoms with Crippen LogP contribution in [0.15, 0.2) is 35.3 Å². The van der Waals surface area contributed by atoms with Crippen LogP contribution in [0.5, 0.6) is 0 Å². The van der Waals surface area contributed by atoms with Crippen LogP contribution in [0.2, 0.25) is 18.1 Å². The number of halogens is 1. The molecule has 3 heteroatoms. The van der Waals surface area contributed by atoms with Gasteiger partial charge in [-0.25, -0.2) is 0 Å². The summed E-state index contributed by atoms with van der Waals surface area (Å²) in [6.45, 7) is 15.2. The first-order valence-corrected chi connectivity index (χ1v) is 9.47. The Bertz CT molecular complexity index is 418. The molecule has 1 rings (SSSR count). The number of hydrogen-bond donors (Lipinski definition) is 0. The average Bonchev–Trinajstić information content (AvgIpc) is 2.15. The van der Waals surface area contributed by atoms with E-state index in [0.717, 1.165) is 15.8 Å². The molecular weight excluding hydrogens is 292 g/mol. The molecule has 0 heterocycles. The van der Waals surface area contributed by atoms with E-state index >= 15 is 0 Å². The van der Waals surface area contributed by atoms with E-state index < -0.39 is 8.32 Å². The monoisotopic (exact) mass is 312 g/mol. The maximum Gasteiger partial charge on any atom is 0.250 e. The number of rotatable bonds is 3. The van der Waals surface area contributed by atoms with Crippen molar-refractivity contribution in [3.63, 3.8) is 0 Å². The second-order valence-electron chi connectivity index (χ2n) is 5.80. The van der Waals surface area contributed by atoms with E-state index in [1.54, 1.807) is 0 Å². The van der Waals surface area contributed by atoms with Crippen LogP contribution in [0.3, 0.4) is 0 Å². The molecule has 0 atom stereocenters. The fraction of sp³-hybridized carbons (Fsp3) is 0.429. The van der Waals surface area contributed by atoms with Gasteiger partial charge in [-0.15, -0.1) is 0 Å². The Morgan fingerprint density at radius 2 is 1.88 bits per heavy atom. The summed E-state index contributed by atoms with van der Waals surface area (Å²) < 4.78 is 7.22. The molecule has 0 N–H and O–H groups in total. The fourth-order valence-electron chi connectivity index (χ4n) is 1.18. The van der Waals surface area contributed by atoms with Crippen LogP contribution in [-0.4, -0.2) is 8.32 Å². The Morgan fingerprint density at radius 1 is 1.29 bits per heavy atom. The second kappa shape index (κ2) is 4.98. The van der Waals surface area contributed by atoms with Gasteiger partial charge in [-0.1, -0.05) is 55.4 Å². The zero-order valence-electron chi connectivity index (χ0n) is 11.3. The van der Waals surface area contributed by atoms with Gasteiger partial charge in [-0.2, -0.15) is 0 Å². The van der Waals surface area contributed by atoms with E-state index in [9.17, 15) is 0 Å². The number of hydrogen-bond acceptors (Lipinski definition) is 1. The van der Waals surface area contributed by atoms with Crippen LogP contribution in [0, 0.1) is 0 Å². The smallest absolute Gasteiger partial charge is 0.250 e. The maximum atomic E-state index is 6.17. The summed E-state index contributed by atoms with van der Waals surface area (Å²) in [5, 5.41) is 0.196. The SMILES string of the molecule is C=C(O[Si](C)(C)C(C)(C)C)c1cccc(Br)c1. The highest BCUT2D eigenvalue weighted by molar-refractivity contribution is 9.10. The Hall–Kier alpha value is -0.543. The molecule has 0 spiro atoms. The van der Waals surface area contributed by atoms with Crippen molar-refractivity contribution in [2.75, 3.05) is 0 Å². The lowest BCUT2D eigenvalue weighted by Crippen LogP contribution is -2.40. The van der Waals surface area contributed by atoms with Crippen LogP contribution in [0.4, 0.5) is 0 Å². The standard InChI is InChI=1S/C14H21BrOSi/c1-11(12-8-7-9-13(15)10-12)16-17(5,6)14(2,3)4/h7-10H,1H2,2-6H3. The highest BCUT2D eigenvalue weighted by atomic mass is 79.9. The van der Waals surface area contributed by atoms with Crippen molar-refractivity contribution in [2.45, 2.75) is 38.9 Å². The molecule has 0 radical (unpaired) electrons. The minimum Gasteiger partial charge on any atom is -0.543 e. The lowest BCUT2D eigenvalue weighted by molar-refractivity contribution is 0.459. The highest BCUT2D eigenvalue weighted by Crippen LogP contribution is 2.39. The van der Waals surface area contributed by atoms with Gasteiger partial charge in [0.2, 0.25) is 8.32 Å². The van der Waals surface area contributed by atoms with Crippen molar-refractivity contribution < 1.29 is 4.43 Å². The Kier molecular flexibility index (Phi) is 4.26. The van der Waals surface area contributed by atoms with Gasteiger partial charge in [0.25, 0.3) is 0 Å². The molecule has 0 aliphatic rings. The molecule has 0 bridgehead atoms. The van der Waals surface area contributed by atoms with Crippen molar-refractivity contribution >= 4 is 30.0 Å². The molecule has 0 amide bonds. The quantitative estimate of drug-likeness (QED) is 0.533. The van der Waals surface area contributed by atoms with E-state index in [1.165, 1.54) is 0 Å². The van der Waals surface area contributed by atoms with E-state index in [-0.39, 0.29) is 5.04 Å². The van der Waals surface area contributed by atoms with Gasteiger partial charge in [0.1, 0.15) is 5.76 Å². The van der Waals surface area contributed by atoms with Crippen LogP contribution in [0.25, 0.3) is 5.76 Å². The molecule has 0 aliphatic carbocycles. The van der Waals surface area contributed by atoms with Crippen molar-refractivity contribution in [3.05, 3.63) is 40.9 Å². The molecule has 17 heavy (non-hydrogen) atoms. The van der Waals surface area contributed by atoms with E-state index in [0.29, 0.717) is 0 Å². The van der Waals surface area contributed by atoms with Crippen molar-refractivity contribution in [2.24, 2.45) is 0 Å². The molecule has 1 aromatic rings. The molecule has 0 aromatic heterocycles. The average molecular weight is 313 g/mol. The Balaban J connectivity index is 2.87. The van der Waals surface area contributed by atoms with E-state index in [2.05, 4.69) is 56.4 Å². The number of benzene rings is 1. The van der Waals surface area contributed by atoms with Gasteiger partial charge in [-0.05, 0) is 30.3 Å². The van der Waals surface area contributed by atoms with E-state index in [4.69, 9.17) is 4.43 Å². The molecule has 0 saturated heterocycles. The third-order valence-electron chi connectivity index (χ3n) is 3.33. The minimum absolute atomic E-state index is 0.196. The summed E-state index contributed by atoms with van der Waals surface area (Å²) in [7, 11) is -1.78. The first-order chi connectivity index (χ1) is 7.63. The van der Waals surface area contributed by atoms with Crippen molar-refractivity contribution in [1.29, 1.82) is 0 Å². The molecule has 1 nitrogen and oxygen atoms in total.